The quantitative estimate of drug-likeness (QED) is 0.302. The highest BCUT2D eigenvalue weighted by Gasteiger charge is 2.31. The number of aromatic nitrogens is 2. The summed E-state index contributed by atoms with van der Waals surface area (Å²) in [4.78, 5) is 3.25. The lowest BCUT2D eigenvalue weighted by Crippen LogP contribution is -2.07. The third-order valence-electron chi connectivity index (χ3n) is 5.80. The van der Waals surface area contributed by atoms with Gasteiger partial charge in [0, 0.05) is 41.6 Å². The van der Waals surface area contributed by atoms with Gasteiger partial charge in [-0.1, -0.05) is 42.5 Å². The number of hydrogen-bond donors (Lipinski definition) is 1. The van der Waals surface area contributed by atoms with Crippen molar-refractivity contribution >= 4 is 21.8 Å². The molecular weight excluding hydrogens is 404 g/mol. The van der Waals surface area contributed by atoms with Crippen molar-refractivity contribution in [2.75, 3.05) is 0 Å². The lowest BCUT2D eigenvalue weighted by Gasteiger charge is -2.18. The summed E-state index contributed by atoms with van der Waals surface area (Å²) < 4.78 is 55.7. The van der Waals surface area contributed by atoms with Crippen LogP contribution in [0, 0.1) is 5.82 Å². The van der Waals surface area contributed by atoms with E-state index < -0.39 is 11.7 Å². The molecule has 0 aliphatic rings. The topological polar surface area (TPSA) is 20.7 Å². The van der Waals surface area contributed by atoms with Crippen molar-refractivity contribution in [3.8, 4) is 0 Å². The van der Waals surface area contributed by atoms with Crippen LogP contribution < -0.4 is 0 Å². The molecule has 0 bridgehead atoms. The van der Waals surface area contributed by atoms with Crippen LogP contribution in [0.25, 0.3) is 21.8 Å². The molecule has 5 rings (SSSR count). The van der Waals surface area contributed by atoms with Gasteiger partial charge in [-0.05, 0) is 41.0 Å². The summed E-state index contributed by atoms with van der Waals surface area (Å²) in [5, 5.41) is 1.71. The summed E-state index contributed by atoms with van der Waals surface area (Å²) in [7, 11) is 1.77. The molecule has 1 atom stereocenters. The van der Waals surface area contributed by atoms with E-state index in [4.69, 9.17) is 0 Å². The molecule has 5 aromatic rings. The largest absolute Gasteiger partial charge is 0.416 e. The Hall–Kier alpha value is -3.54. The van der Waals surface area contributed by atoms with Crippen molar-refractivity contribution in [2.45, 2.75) is 12.1 Å². The second kappa shape index (κ2) is 7.01. The van der Waals surface area contributed by atoms with Gasteiger partial charge in [0.15, 0.2) is 0 Å². The van der Waals surface area contributed by atoms with Gasteiger partial charge in [0.25, 0.3) is 0 Å². The average Bonchev–Trinajstić information content (AvgIpc) is 3.31. The maximum atomic E-state index is 14.6. The SMILES string of the molecule is Cn1cc(C(c2ccc(C(F)(F)F)cc2)c2c[nH]c3ccccc23)c2cccc(F)c21. The molecule has 156 valence electrons. The molecule has 3 aromatic carbocycles. The number of rotatable bonds is 3. The minimum Gasteiger partial charge on any atom is -0.361 e. The predicted octanol–water partition coefficient (Wildman–Crippen LogP) is 7.00. The summed E-state index contributed by atoms with van der Waals surface area (Å²) in [6.45, 7) is 0. The summed E-state index contributed by atoms with van der Waals surface area (Å²) in [5.41, 5.74) is 3.16. The minimum atomic E-state index is -4.41. The molecule has 1 unspecified atom stereocenters. The summed E-state index contributed by atoms with van der Waals surface area (Å²) in [5.74, 6) is -0.708. The van der Waals surface area contributed by atoms with Gasteiger partial charge in [-0.15, -0.1) is 0 Å². The Kier molecular flexibility index (Phi) is 4.39. The molecule has 0 saturated heterocycles. The van der Waals surface area contributed by atoms with E-state index in [-0.39, 0.29) is 11.7 Å². The lowest BCUT2D eigenvalue weighted by molar-refractivity contribution is -0.137. The molecule has 0 fully saturated rings. The van der Waals surface area contributed by atoms with Crippen molar-refractivity contribution in [1.82, 2.24) is 9.55 Å². The van der Waals surface area contributed by atoms with E-state index >= 15 is 0 Å². The Labute approximate surface area is 175 Å². The standard InChI is InChI=1S/C25H18F4N2/c1-31-14-20(18-6-4-7-21(26)24(18)31)23(15-9-11-16(12-10-15)25(27,28)29)19-13-30-22-8-3-2-5-17(19)22/h2-14,23,30H,1H3. The van der Waals surface area contributed by atoms with Crippen LogP contribution in [0.15, 0.2) is 79.1 Å². The van der Waals surface area contributed by atoms with Crippen molar-refractivity contribution in [3.05, 3.63) is 107 Å². The number of halogens is 4. The zero-order chi connectivity index (χ0) is 21.8. The Morgan fingerprint density at radius 2 is 1.55 bits per heavy atom. The van der Waals surface area contributed by atoms with Gasteiger partial charge >= 0.3 is 6.18 Å². The van der Waals surface area contributed by atoms with Crippen molar-refractivity contribution < 1.29 is 17.6 Å². The first-order chi connectivity index (χ1) is 14.8. The van der Waals surface area contributed by atoms with Crippen LogP contribution in [0.5, 0.6) is 0 Å². The molecule has 2 aromatic heterocycles. The van der Waals surface area contributed by atoms with Crippen LogP contribution in [0.2, 0.25) is 0 Å². The van der Waals surface area contributed by atoms with Crippen LogP contribution in [-0.4, -0.2) is 9.55 Å². The molecule has 0 saturated carbocycles. The van der Waals surface area contributed by atoms with Crippen molar-refractivity contribution in [2.24, 2.45) is 7.05 Å². The predicted molar refractivity (Wildman–Crippen MR) is 114 cm³/mol. The zero-order valence-corrected chi connectivity index (χ0v) is 16.5. The Morgan fingerprint density at radius 1 is 0.839 bits per heavy atom. The third-order valence-corrected chi connectivity index (χ3v) is 5.80. The van der Waals surface area contributed by atoms with Crippen molar-refractivity contribution in [1.29, 1.82) is 0 Å². The summed E-state index contributed by atoms with van der Waals surface area (Å²) in [6, 6.07) is 17.9. The van der Waals surface area contributed by atoms with E-state index in [0.717, 1.165) is 39.5 Å². The number of para-hydroxylation sites is 2. The average molecular weight is 422 g/mol. The second-order valence-corrected chi connectivity index (χ2v) is 7.67. The highest BCUT2D eigenvalue weighted by molar-refractivity contribution is 5.89. The maximum Gasteiger partial charge on any atom is 0.416 e. The van der Waals surface area contributed by atoms with Crippen molar-refractivity contribution in [3.63, 3.8) is 0 Å². The van der Waals surface area contributed by atoms with Gasteiger partial charge in [0.05, 0.1) is 11.1 Å². The number of alkyl halides is 3. The smallest absolute Gasteiger partial charge is 0.361 e. The molecular formula is C25H18F4N2. The Morgan fingerprint density at radius 3 is 2.29 bits per heavy atom. The van der Waals surface area contributed by atoms with Crippen LogP contribution in [0.3, 0.4) is 0 Å². The lowest BCUT2D eigenvalue weighted by atomic mass is 9.84. The molecule has 0 spiro atoms. The number of H-pyrrole nitrogens is 1. The van der Waals surface area contributed by atoms with E-state index in [1.165, 1.54) is 18.2 Å². The molecule has 1 N–H and O–H groups in total. The maximum absolute atomic E-state index is 14.6. The third kappa shape index (κ3) is 3.19. The zero-order valence-electron chi connectivity index (χ0n) is 16.5. The van der Waals surface area contributed by atoms with E-state index in [9.17, 15) is 17.6 Å². The Balaban J connectivity index is 1.78. The van der Waals surface area contributed by atoms with E-state index in [1.807, 2.05) is 42.7 Å². The first kappa shape index (κ1) is 19.4. The molecule has 2 nitrogen and oxygen atoms in total. The first-order valence-electron chi connectivity index (χ1n) is 9.81. The number of fused-ring (bicyclic) bond motifs is 2. The molecule has 0 aliphatic heterocycles. The number of hydrogen-bond acceptors (Lipinski definition) is 0. The Bertz CT molecular complexity index is 1390. The number of aryl methyl sites for hydroxylation is 1. The van der Waals surface area contributed by atoms with E-state index in [0.29, 0.717) is 11.1 Å². The fraction of sp³-hybridized carbons (Fsp3) is 0.120. The number of benzene rings is 3. The fourth-order valence-electron chi connectivity index (χ4n) is 4.40. The van der Waals surface area contributed by atoms with Gasteiger partial charge < -0.3 is 9.55 Å². The van der Waals surface area contributed by atoms with E-state index in [2.05, 4.69) is 4.98 Å². The highest BCUT2D eigenvalue weighted by Crippen LogP contribution is 2.41. The molecule has 0 aliphatic carbocycles. The van der Waals surface area contributed by atoms with Crippen LogP contribution in [-0.2, 0) is 13.2 Å². The van der Waals surface area contributed by atoms with Crippen LogP contribution >= 0.6 is 0 Å². The van der Waals surface area contributed by atoms with Gasteiger partial charge in [-0.2, -0.15) is 13.2 Å². The molecule has 0 radical (unpaired) electrons. The van der Waals surface area contributed by atoms with Gasteiger partial charge in [-0.3, -0.25) is 0 Å². The van der Waals surface area contributed by atoms with Crippen LogP contribution in [0.4, 0.5) is 17.6 Å². The summed E-state index contributed by atoms with van der Waals surface area (Å²) >= 11 is 0. The molecule has 6 heteroatoms. The highest BCUT2D eigenvalue weighted by atomic mass is 19.4. The number of nitrogens with zero attached hydrogens (tertiary/aromatic N) is 1. The fourth-order valence-corrected chi connectivity index (χ4v) is 4.40. The van der Waals surface area contributed by atoms with Crippen LogP contribution in [0.1, 0.15) is 28.2 Å². The summed E-state index contributed by atoms with van der Waals surface area (Å²) in [6.07, 6.45) is -0.666. The number of nitrogens with one attached hydrogen (secondary N) is 1. The second-order valence-electron chi connectivity index (χ2n) is 7.67. The normalized spacial score (nSPS) is 13.2. The van der Waals surface area contributed by atoms with Gasteiger partial charge in [0.1, 0.15) is 5.82 Å². The van der Waals surface area contributed by atoms with E-state index in [1.54, 1.807) is 17.7 Å². The number of aromatic amines is 1. The van der Waals surface area contributed by atoms with Gasteiger partial charge in [0.2, 0.25) is 0 Å². The minimum absolute atomic E-state index is 0.337. The van der Waals surface area contributed by atoms with Gasteiger partial charge in [-0.25, -0.2) is 4.39 Å². The molecule has 31 heavy (non-hydrogen) atoms. The first-order valence-corrected chi connectivity index (χ1v) is 9.81. The molecule has 2 heterocycles. The monoisotopic (exact) mass is 422 g/mol. The molecule has 0 amide bonds.